The van der Waals surface area contributed by atoms with Gasteiger partial charge < -0.3 is 4.74 Å². The van der Waals surface area contributed by atoms with Crippen molar-refractivity contribution in [3.05, 3.63) is 42.2 Å². The van der Waals surface area contributed by atoms with E-state index >= 15 is 0 Å². The van der Waals surface area contributed by atoms with Crippen LogP contribution in [0.3, 0.4) is 0 Å². The van der Waals surface area contributed by atoms with Crippen molar-refractivity contribution in [2.24, 2.45) is 0 Å². The number of hydrogen-bond acceptors (Lipinski definition) is 4. The standard InChI is InChI=1S/C14H18N4O2/c1-3-20-11(2)13(19)16-14-15-10-18(17-14)9-12-7-5-4-6-8-12/h4-8,10-11H,3,9H2,1-2H3,(H,16,17,19). The van der Waals surface area contributed by atoms with Crippen LogP contribution in [0.4, 0.5) is 5.95 Å². The van der Waals surface area contributed by atoms with E-state index in [1.54, 1.807) is 17.9 Å². The summed E-state index contributed by atoms with van der Waals surface area (Å²) in [4.78, 5) is 15.8. The van der Waals surface area contributed by atoms with Gasteiger partial charge in [-0.25, -0.2) is 9.67 Å². The number of amides is 1. The van der Waals surface area contributed by atoms with Gasteiger partial charge in [0.25, 0.3) is 5.91 Å². The van der Waals surface area contributed by atoms with Crippen molar-refractivity contribution < 1.29 is 9.53 Å². The third kappa shape index (κ3) is 3.89. The van der Waals surface area contributed by atoms with E-state index in [0.717, 1.165) is 5.56 Å². The summed E-state index contributed by atoms with van der Waals surface area (Å²) < 4.78 is 6.88. The van der Waals surface area contributed by atoms with E-state index in [4.69, 9.17) is 4.74 Å². The van der Waals surface area contributed by atoms with Gasteiger partial charge in [-0.15, -0.1) is 5.10 Å². The van der Waals surface area contributed by atoms with Crippen molar-refractivity contribution >= 4 is 11.9 Å². The molecular formula is C14H18N4O2. The topological polar surface area (TPSA) is 69.0 Å². The van der Waals surface area contributed by atoms with E-state index in [1.807, 2.05) is 37.3 Å². The molecule has 20 heavy (non-hydrogen) atoms. The number of ether oxygens (including phenoxy) is 1. The summed E-state index contributed by atoms with van der Waals surface area (Å²) in [7, 11) is 0. The molecule has 2 rings (SSSR count). The van der Waals surface area contributed by atoms with E-state index in [9.17, 15) is 4.79 Å². The Hall–Kier alpha value is -2.21. The Morgan fingerprint density at radius 3 is 2.85 bits per heavy atom. The van der Waals surface area contributed by atoms with Crippen LogP contribution in [0.5, 0.6) is 0 Å². The highest BCUT2D eigenvalue weighted by Gasteiger charge is 2.14. The first-order valence-corrected chi connectivity index (χ1v) is 6.55. The molecule has 0 radical (unpaired) electrons. The van der Waals surface area contributed by atoms with E-state index < -0.39 is 6.10 Å². The summed E-state index contributed by atoms with van der Waals surface area (Å²) in [6, 6.07) is 9.93. The van der Waals surface area contributed by atoms with E-state index in [2.05, 4.69) is 15.4 Å². The van der Waals surface area contributed by atoms with E-state index in [-0.39, 0.29) is 11.9 Å². The number of carbonyl (C=O) groups is 1. The van der Waals surface area contributed by atoms with Crippen molar-refractivity contribution in [3.63, 3.8) is 0 Å². The molecule has 1 unspecified atom stereocenters. The lowest BCUT2D eigenvalue weighted by molar-refractivity contribution is -0.126. The van der Waals surface area contributed by atoms with E-state index in [1.165, 1.54) is 0 Å². The fourth-order valence-corrected chi connectivity index (χ4v) is 1.74. The fourth-order valence-electron chi connectivity index (χ4n) is 1.74. The maximum absolute atomic E-state index is 11.7. The molecule has 0 aliphatic carbocycles. The molecule has 0 bridgehead atoms. The van der Waals surface area contributed by atoms with Crippen LogP contribution < -0.4 is 5.32 Å². The number of nitrogens with one attached hydrogen (secondary N) is 1. The summed E-state index contributed by atoms with van der Waals surface area (Å²) in [5.41, 5.74) is 1.12. The molecule has 0 aliphatic rings. The van der Waals surface area contributed by atoms with Gasteiger partial charge in [0, 0.05) is 6.61 Å². The predicted molar refractivity (Wildman–Crippen MR) is 75.3 cm³/mol. The minimum absolute atomic E-state index is 0.246. The Morgan fingerprint density at radius 1 is 1.40 bits per heavy atom. The first-order valence-electron chi connectivity index (χ1n) is 6.55. The van der Waals surface area contributed by atoms with Gasteiger partial charge >= 0.3 is 0 Å². The van der Waals surface area contributed by atoms with Gasteiger partial charge in [-0.3, -0.25) is 10.1 Å². The minimum Gasteiger partial charge on any atom is -0.369 e. The lowest BCUT2D eigenvalue weighted by Gasteiger charge is -2.09. The highest BCUT2D eigenvalue weighted by Crippen LogP contribution is 2.04. The third-order valence-electron chi connectivity index (χ3n) is 2.74. The number of hydrogen-bond donors (Lipinski definition) is 1. The zero-order valence-corrected chi connectivity index (χ0v) is 11.6. The van der Waals surface area contributed by atoms with Gasteiger partial charge in [-0.05, 0) is 19.4 Å². The van der Waals surface area contributed by atoms with Crippen LogP contribution in [0.1, 0.15) is 19.4 Å². The minimum atomic E-state index is -0.513. The third-order valence-corrected chi connectivity index (χ3v) is 2.74. The molecule has 0 fully saturated rings. The summed E-state index contributed by atoms with van der Waals surface area (Å²) in [6.07, 6.45) is 1.08. The molecule has 6 heteroatoms. The zero-order valence-electron chi connectivity index (χ0n) is 11.6. The lowest BCUT2D eigenvalue weighted by atomic mass is 10.2. The maximum Gasteiger partial charge on any atom is 0.255 e. The van der Waals surface area contributed by atoms with Gasteiger partial charge in [-0.1, -0.05) is 30.3 Å². The van der Waals surface area contributed by atoms with Crippen LogP contribution in [0.2, 0.25) is 0 Å². The number of nitrogens with zero attached hydrogens (tertiary/aromatic N) is 3. The zero-order chi connectivity index (χ0) is 14.4. The average molecular weight is 274 g/mol. The molecule has 106 valence electrons. The van der Waals surface area contributed by atoms with Gasteiger partial charge in [0.1, 0.15) is 12.4 Å². The van der Waals surface area contributed by atoms with Crippen molar-refractivity contribution in [2.75, 3.05) is 11.9 Å². The van der Waals surface area contributed by atoms with Gasteiger partial charge in [0.2, 0.25) is 5.95 Å². The molecular weight excluding hydrogens is 256 g/mol. The second kappa shape index (κ2) is 6.81. The Balaban J connectivity index is 1.94. The van der Waals surface area contributed by atoms with Crippen LogP contribution in [0, 0.1) is 0 Å². The maximum atomic E-state index is 11.7. The smallest absolute Gasteiger partial charge is 0.255 e. The first-order chi connectivity index (χ1) is 9.69. The molecule has 1 N–H and O–H groups in total. The highest BCUT2D eigenvalue weighted by atomic mass is 16.5. The summed E-state index contributed by atoms with van der Waals surface area (Å²) in [5, 5.41) is 6.83. The molecule has 6 nitrogen and oxygen atoms in total. The van der Waals surface area contributed by atoms with Crippen molar-refractivity contribution in [1.29, 1.82) is 0 Å². The molecule has 1 aromatic heterocycles. The largest absolute Gasteiger partial charge is 0.369 e. The van der Waals surface area contributed by atoms with Crippen molar-refractivity contribution in [1.82, 2.24) is 14.8 Å². The van der Waals surface area contributed by atoms with Crippen molar-refractivity contribution in [2.45, 2.75) is 26.5 Å². The Labute approximate surface area is 117 Å². The number of carbonyl (C=O) groups excluding carboxylic acids is 1. The van der Waals surface area contributed by atoms with Gasteiger partial charge in [-0.2, -0.15) is 0 Å². The molecule has 1 atom stereocenters. The number of benzene rings is 1. The number of rotatable bonds is 6. The van der Waals surface area contributed by atoms with Crippen LogP contribution in [-0.2, 0) is 16.1 Å². The van der Waals surface area contributed by atoms with Gasteiger partial charge in [0.05, 0.1) is 6.54 Å². The van der Waals surface area contributed by atoms with Crippen LogP contribution in [0.15, 0.2) is 36.7 Å². The lowest BCUT2D eigenvalue weighted by Crippen LogP contribution is -2.28. The van der Waals surface area contributed by atoms with Crippen molar-refractivity contribution in [3.8, 4) is 0 Å². The molecule has 0 aliphatic heterocycles. The molecule has 1 heterocycles. The Bertz CT molecular complexity index is 553. The molecule has 1 aromatic carbocycles. The molecule has 2 aromatic rings. The second-order valence-corrected chi connectivity index (χ2v) is 4.34. The predicted octanol–water partition coefficient (Wildman–Crippen LogP) is 1.69. The number of anilines is 1. The fraction of sp³-hybridized carbons (Fsp3) is 0.357. The second-order valence-electron chi connectivity index (χ2n) is 4.34. The monoisotopic (exact) mass is 274 g/mol. The average Bonchev–Trinajstić information content (AvgIpc) is 2.87. The Kier molecular flexibility index (Phi) is 4.84. The SMILES string of the molecule is CCOC(C)C(=O)Nc1ncn(Cc2ccccc2)n1. The van der Waals surface area contributed by atoms with Crippen LogP contribution >= 0.6 is 0 Å². The summed E-state index contributed by atoms with van der Waals surface area (Å²) in [6.45, 7) is 4.64. The van der Waals surface area contributed by atoms with E-state index in [0.29, 0.717) is 13.2 Å². The normalized spacial score (nSPS) is 12.1. The molecule has 1 amide bonds. The Morgan fingerprint density at radius 2 is 2.15 bits per heavy atom. The van der Waals surface area contributed by atoms with Crippen LogP contribution in [0.25, 0.3) is 0 Å². The molecule has 0 saturated heterocycles. The van der Waals surface area contributed by atoms with Gasteiger partial charge in [0.15, 0.2) is 0 Å². The molecule has 0 saturated carbocycles. The molecule has 0 spiro atoms. The van der Waals surface area contributed by atoms with Crippen LogP contribution in [-0.4, -0.2) is 33.4 Å². The summed E-state index contributed by atoms with van der Waals surface area (Å²) >= 11 is 0. The quantitative estimate of drug-likeness (QED) is 0.870. The number of aromatic nitrogens is 3. The summed E-state index contributed by atoms with van der Waals surface area (Å²) in [5.74, 6) is 0.0433. The highest BCUT2D eigenvalue weighted by molar-refractivity contribution is 5.92. The first kappa shape index (κ1) is 14.2.